The Morgan fingerprint density at radius 1 is 1.14 bits per heavy atom. The Morgan fingerprint density at radius 3 is 2.52 bits per heavy atom. The fourth-order valence-corrected chi connectivity index (χ4v) is 3.27. The third-order valence-corrected chi connectivity index (χ3v) is 4.84. The summed E-state index contributed by atoms with van der Waals surface area (Å²) in [6, 6.07) is 8.71. The van der Waals surface area contributed by atoms with Gasteiger partial charge < -0.3 is 16.0 Å². The molecule has 5 heteroatoms. The van der Waals surface area contributed by atoms with Crippen LogP contribution in [-0.2, 0) is 0 Å². The molecule has 1 aromatic heterocycles. The van der Waals surface area contributed by atoms with Crippen LogP contribution in [0.15, 0.2) is 60.8 Å². The topological polar surface area (TPSA) is 49.0 Å². The first kappa shape index (κ1) is 25.0. The number of fused-ring (bicyclic) bond motifs is 1. The van der Waals surface area contributed by atoms with Crippen molar-refractivity contribution < 1.29 is 0 Å². The third-order valence-electron chi connectivity index (χ3n) is 4.01. The van der Waals surface area contributed by atoms with E-state index in [1.807, 2.05) is 33.0 Å². The van der Waals surface area contributed by atoms with Crippen LogP contribution in [0.25, 0.3) is 15.7 Å². The van der Waals surface area contributed by atoms with E-state index in [2.05, 4.69) is 72.7 Å². The molecule has 1 atom stereocenters. The zero-order chi connectivity index (χ0) is 21.8. The first-order valence-electron chi connectivity index (χ1n) is 10.2. The molecule has 1 unspecified atom stereocenters. The van der Waals surface area contributed by atoms with Crippen molar-refractivity contribution in [1.82, 2.24) is 15.6 Å². The summed E-state index contributed by atoms with van der Waals surface area (Å²) in [6.07, 6.45) is 1.88. The summed E-state index contributed by atoms with van der Waals surface area (Å²) in [6.45, 7) is 25.0. The lowest BCUT2D eigenvalue weighted by Crippen LogP contribution is -2.37. The maximum absolute atomic E-state index is 4.49. The molecule has 158 valence electrons. The Kier molecular flexibility index (Phi) is 11.4. The predicted octanol–water partition coefficient (Wildman–Crippen LogP) is 6.01. The Hall–Kier alpha value is -2.08. The molecule has 1 heterocycles. The van der Waals surface area contributed by atoms with Crippen LogP contribution in [0.4, 0.5) is 5.82 Å². The smallest absolute Gasteiger partial charge is 0.130 e. The molecule has 0 spiro atoms. The van der Waals surface area contributed by atoms with Crippen LogP contribution in [0, 0.1) is 0 Å². The van der Waals surface area contributed by atoms with E-state index in [1.54, 1.807) is 11.8 Å². The maximum atomic E-state index is 4.49. The van der Waals surface area contributed by atoms with Gasteiger partial charge in [-0.25, -0.2) is 4.98 Å². The van der Waals surface area contributed by atoms with Gasteiger partial charge in [-0.3, -0.25) is 0 Å². The Labute approximate surface area is 181 Å². The number of allylic oxidation sites excluding steroid dienone is 1. The molecular weight excluding hydrogens is 376 g/mol. The quantitative estimate of drug-likeness (QED) is 0.422. The lowest BCUT2D eigenvalue weighted by molar-refractivity contribution is 0.529. The van der Waals surface area contributed by atoms with E-state index in [0.717, 1.165) is 50.8 Å². The van der Waals surface area contributed by atoms with Gasteiger partial charge in [-0.15, -0.1) is 0 Å². The van der Waals surface area contributed by atoms with E-state index >= 15 is 0 Å². The van der Waals surface area contributed by atoms with Crippen molar-refractivity contribution in [2.45, 2.75) is 40.7 Å². The number of nitrogens with zero attached hydrogens (tertiary/aromatic N) is 1. The van der Waals surface area contributed by atoms with Crippen molar-refractivity contribution in [2.24, 2.45) is 0 Å². The number of likely N-dealkylation sites (N-methyl/N-ethyl adjacent to an activating group) is 1. The fourth-order valence-electron chi connectivity index (χ4n) is 2.61. The molecule has 2 rings (SSSR count). The van der Waals surface area contributed by atoms with Crippen molar-refractivity contribution in [2.75, 3.05) is 25.0 Å². The summed E-state index contributed by atoms with van der Waals surface area (Å²) in [7, 11) is 0. The highest BCUT2D eigenvalue weighted by molar-refractivity contribution is 8.11. The van der Waals surface area contributed by atoms with Gasteiger partial charge in [0.25, 0.3) is 0 Å². The number of thioether (sulfide) groups is 1. The molecule has 2 aromatic rings. The van der Waals surface area contributed by atoms with Crippen molar-refractivity contribution in [3.8, 4) is 0 Å². The summed E-state index contributed by atoms with van der Waals surface area (Å²) in [5.74, 6) is 0.795. The average molecular weight is 413 g/mol. The van der Waals surface area contributed by atoms with Crippen LogP contribution >= 0.6 is 11.8 Å². The van der Waals surface area contributed by atoms with Crippen LogP contribution in [-0.4, -0.2) is 30.7 Å². The van der Waals surface area contributed by atoms with Crippen molar-refractivity contribution in [3.05, 3.63) is 66.4 Å². The Morgan fingerprint density at radius 2 is 1.86 bits per heavy atom. The monoisotopic (exact) mass is 412 g/mol. The zero-order valence-corrected chi connectivity index (χ0v) is 19.4. The third kappa shape index (κ3) is 8.86. The number of aromatic nitrogens is 1. The minimum atomic E-state index is 0.382. The maximum Gasteiger partial charge on any atom is 0.130 e. The van der Waals surface area contributed by atoms with Gasteiger partial charge >= 0.3 is 0 Å². The van der Waals surface area contributed by atoms with Crippen molar-refractivity contribution in [1.29, 1.82) is 0 Å². The molecule has 0 bridgehead atoms. The van der Waals surface area contributed by atoms with Crippen LogP contribution in [0.3, 0.4) is 0 Å². The van der Waals surface area contributed by atoms with Crippen LogP contribution in [0.2, 0.25) is 0 Å². The molecule has 0 radical (unpaired) electrons. The molecule has 1 aromatic carbocycles. The first-order chi connectivity index (χ1) is 13.9. The number of nitrogens with one attached hydrogen (secondary N) is 3. The fraction of sp³-hybridized carbons (Fsp3) is 0.375. The predicted molar refractivity (Wildman–Crippen MR) is 133 cm³/mol. The van der Waals surface area contributed by atoms with Gasteiger partial charge in [-0.2, -0.15) is 0 Å². The number of benzene rings is 1. The normalized spacial score (nSPS) is 11.3. The number of hydrogen-bond acceptors (Lipinski definition) is 5. The van der Waals surface area contributed by atoms with E-state index in [0.29, 0.717) is 12.6 Å². The van der Waals surface area contributed by atoms with Crippen LogP contribution in [0.1, 0.15) is 40.2 Å². The summed E-state index contributed by atoms with van der Waals surface area (Å²) in [5, 5.41) is 12.3. The molecule has 4 nitrogen and oxygen atoms in total. The molecule has 0 aliphatic carbocycles. The highest BCUT2D eigenvalue weighted by Gasteiger charge is 2.06. The molecule has 29 heavy (non-hydrogen) atoms. The summed E-state index contributed by atoms with van der Waals surface area (Å²) >= 11 is 1.60. The Bertz CT molecular complexity index is 829. The highest BCUT2D eigenvalue weighted by Crippen LogP contribution is 2.32. The molecule has 0 amide bonds. The van der Waals surface area contributed by atoms with E-state index in [1.165, 1.54) is 0 Å². The molecule has 0 aliphatic rings. The molecule has 3 N–H and O–H groups in total. The van der Waals surface area contributed by atoms with E-state index < -0.39 is 0 Å². The van der Waals surface area contributed by atoms with Gasteiger partial charge in [0.05, 0.1) is 0 Å². The van der Waals surface area contributed by atoms with E-state index in [9.17, 15) is 0 Å². The van der Waals surface area contributed by atoms with Crippen molar-refractivity contribution in [3.63, 3.8) is 0 Å². The van der Waals surface area contributed by atoms with Crippen molar-refractivity contribution >= 4 is 33.3 Å². The Balaban J connectivity index is 0.00000204. The summed E-state index contributed by atoms with van der Waals surface area (Å²) in [4.78, 5) is 6.52. The minimum Gasteiger partial charge on any atom is -0.343 e. The lowest BCUT2D eigenvalue weighted by Gasteiger charge is -2.16. The molecule has 0 aliphatic heterocycles. The zero-order valence-electron chi connectivity index (χ0n) is 18.6. The first-order valence-corrected chi connectivity index (χ1v) is 11.0. The summed E-state index contributed by atoms with van der Waals surface area (Å²) < 4.78 is 0. The number of anilines is 1. The highest BCUT2D eigenvalue weighted by atomic mass is 32.2. The minimum absolute atomic E-state index is 0.382. The van der Waals surface area contributed by atoms with Gasteiger partial charge in [0, 0.05) is 41.3 Å². The number of hydrogen-bond donors (Lipinski definition) is 3. The van der Waals surface area contributed by atoms with Crippen LogP contribution < -0.4 is 16.0 Å². The van der Waals surface area contributed by atoms with E-state index in [4.69, 9.17) is 0 Å². The largest absolute Gasteiger partial charge is 0.343 e. The second kappa shape index (κ2) is 13.2. The standard InChI is InChI=1S/C22H30N4S.C2H6/c1-7-23-12-16(4)24-13-17(5)26-22-11-21-10-19(18(6)27-15(2)3)8-9-20(21)14-25-22;1-2/h8-11,14,16,23-24H,2,5-7,12-13H2,1,3-4H3,(H,25,26);1-2H3. The molecule has 0 fully saturated rings. The number of pyridine rings is 1. The second-order valence-corrected chi connectivity index (χ2v) is 8.07. The lowest BCUT2D eigenvalue weighted by atomic mass is 10.1. The second-order valence-electron chi connectivity index (χ2n) is 6.68. The number of rotatable bonds is 11. The average Bonchev–Trinajstić information content (AvgIpc) is 2.71. The molecule has 0 saturated carbocycles. The van der Waals surface area contributed by atoms with Gasteiger partial charge in [0.2, 0.25) is 0 Å². The van der Waals surface area contributed by atoms with Gasteiger partial charge in [0.1, 0.15) is 5.82 Å². The van der Waals surface area contributed by atoms with Crippen LogP contribution in [0.5, 0.6) is 0 Å². The van der Waals surface area contributed by atoms with E-state index in [-0.39, 0.29) is 0 Å². The SMILES string of the molecule is C=C(CNC(C)CNCC)Nc1cc2cc(C(=C)SC(=C)C)ccc2cn1.CC. The van der Waals surface area contributed by atoms with Gasteiger partial charge in [0.15, 0.2) is 0 Å². The molecular formula is C24H36N4S. The van der Waals surface area contributed by atoms with Gasteiger partial charge in [-0.1, -0.05) is 64.4 Å². The molecule has 0 saturated heterocycles. The summed E-state index contributed by atoms with van der Waals surface area (Å²) in [5.41, 5.74) is 1.99. The van der Waals surface area contributed by atoms with Gasteiger partial charge in [-0.05, 0) is 48.4 Å².